The minimum absolute atomic E-state index is 0.0974. The van der Waals surface area contributed by atoms with Gasteiger partial charge in [0.15, 0.2) is 0 Å². The molecule has 1 heterocycles. The second-order valence-electron chi connectivity index (χ2n) is 8.32. The molecule has 2 aromatic rings. The van der Waals surface area contributed by atoms with Gasteiger partial charge in [-0.3, -0.25) is 4.79 Å². The normalized spacial score (nSPS) is 19.3. The van der Waals surface area contributed by atoms with E-state index in [9.17, 15) is 13.2 Å². The summed E-state index contributed by atoms with van der Waals surface area (Å²) < 4.78 is 37.8. The number of ether oxygens (including phenoxy) is 2. The number of amides is 1. The van der Waals surface area contributed by atoms with Gasteiger partial charge in [-0.25, -0.2) is 8.42 Å². The first-order valence-electron chi connectivity index (χ1n) is 11.0. The van der Waals surface area contributed by atoms with Gasteiger partial charge in [-0.1, -0.05) is 6.07 Å². The van der Waals surface area contributed by atoms with Crippen molar-refractivity contribution in [3.63, 3.8) is 0 Å². The van der Waals surface area contributed by atoms with Gasteiger partial charge in [0.1, 0.15) is 11.5 Å². The van der Waals surface area contributed by atoms with Gasteiger partial charge in [-0.15, -0.1) is 0 Å². The number of benzene rings is 2. The molecule has 4 rings (SSSR count). The van der Waals surface area contributed by atoms with Gasteiger partial charge in [0.25, 0.3) is 0 Å². The third-order valence-corrected chi connectivity index (χ3v) is 8.41. The Hall–Kier alpha value is -2.58. The van der Waals surface area contributed by atoms with Crippen LogP contribution in [-0.2, 0) is 21.2 Å². The standard InChI is InChI=1S/C24H30N2O5S/c1-30-20-6-9-22(10-7-20)32(28,29)26-14-12-25(13-15-26)24(27)17-19-5-3-4-18-16-21(31-2)8-11-23(18)19/h6-11,16,19H,3-5,12-15,17H2,1-2H3. The van der Waals surface area contributed by atoms with E-state index in [4.69, 9.17) is 9.47 Å². The number of aryl methyl sites for hydroxylation is 1. The van der Waals surface area contributed by atoms with Crippen molar-refractivity contribution in [2.45, 2.75) is 36.5 Å². The number of sulfonamides is 1. The molecule has 7 nitrogen and oxygen atoms in total. The maximum absolute atomic E-state index is 13.0. The first-order valence-corrected chi connectivity index (χ1v) is 12.4. The molecule has 0 aromatic heterocycles. The van der Waals surface area contributed by atoms with E-state index >= 15 is 0 Å². The molecule has 2 aliphatic rings. The molecule has 172 valence electrons. The molecule has 0 N–H and O–H groups in total. The van der Waals surface area contributed by atoms with Crippen LogP contribution in [0.3, 0.4) is 0 Å². The topological polar surface area (TPSA) is 76.2 Å². The summed E-state index contributed by atoms with van der Waals surface area (Å²) in [6.45, 7) is 1.43. The van der Waals surface area contributed by atoms with Gasteiger partial charge in [-0.2, -0.15) is 4.31 Å². The predicted octanol–water partition coefficient (Wildman–Crippen LogP) is 3.05. The molecular weight excluding hydrogens is 428 g/mol. The molecule has 2 aromatic carbocycles. The number of nitrogens with zero attached hydrogens (tertiary/aromatic N) is 2. The Bertz CT molecular complexity index is 1060. The van der Waals surface area contributed by atoms with E-state index in [1.54, 1.807) is 43.4 Å². The first kappa shape index (κ1) is 22.6. The quantitative estimate of drug-likeness (QED) is 0.665. The first-order chi connectivity index (χ1) is 15.4. The Kier molecular flexibility index (Phi) is 6.71. The highest BCUT2D eigenvalue weighted by molar-refractivity contribution is 7.89. The fourth-order valence-electron chi connectivity index (χ4n) is 4.64. The zero-order chi connectivity index (χ0) is 22.7. The third kappa shape index (κ3) is 4.61. The summed E-state index contributed by atoms with van der Waals surface area (Å²) in [5.74, 6) is 1.77. The second-order valence-corrected chi connectivity index (χ2v) is 10.3. The minimum atomic E-state index is -3.58. The molecule has 1 amide bonds. The fourth-order valence-corrected chi connectivity index (χ4v) is 6.07. The summed E-state index contributed by atoms with van der Waals surface area (Å²) in [6, 6.07) is 12.5. The number of rotatable bonds is 6. The van der Waals surface area contributed by atoms with E-state index in [1.165, 1.54) is 15.4 Å². The SMILES string of the molecule is COc1ccc(S(=O)(=O)N2CCN(C(=O)CC3CCCc4cc(OC)ccc43)CC2)cc1. The number of fused-ring (bicyclic) bond motifs is 1. The number of carbonyl (C=O) groups excluding carboxylic acids is 1. The average molecular weight is 459 g/mol. The van der Waals surface area contributed by atoms with Crippen LogP contribution < -0.4 is 9.47 Å². The highest BCUT2D eigenvalue weighted by Crippen LogP contribution is 2.36. The van der Waals surface area contributed by atoms with Crippen molar-refractivity contribution in [3.8, 4) is 11.5 Å². The van der Waals surface area contributed by atoms with E-state index in [2.05, 4.69) is 12.1 Å². The smallest absolute Gasteiger partial charge is 0.243 e. The van der Waals surface area contributed by atoms with Crippen LogP contribution in [0.15, 0.2) is 47.4 Å². The lowest BCUT2D eigenvalue weighted by molar-refractivity contribution is -0.132. The van der Waals surface area contributed by atoms with Gasteiger partial charge >= 0.3 is 0 Å². The molecule has 32 heavy (non-hydrogen) atoms. The molecule has 1 aliphatic heterocycles. The highest BCUT2D eigenvalue weighted by atomic mass is 32.2. The highest BCUT2D eigenvalue weighted by Gasteiger charge is 2.31. The van der Waals surface area contributed by atoms with Crippen molar-refractivity contribution < 1.29 is 22.7 Å². The van der Waals surface area contributed by atoms with Crippen LogP contribution in [0.1, 0.15) is 36.3 Å². The Morgan fingerprint density at radius 3 is 2.28 bits per heavy atom. The van der Waals surface area contributed by atoms with Crippen LogP contribution in [0.4, 0.5) is 0 Å². The van der Waals surface area contributed by atoms with Crippen LogP contribution in [0.5, 0.6) is 11.5 Å². The van der Waals surface area contributed by atoms with Crippen LogP contribution in [0.25, 0.3) is 0 Å². The Balaban J connectivity index is 1.37. The maximum Gasteiger partial charge on any atom is 0.243 e. The molecule has 0 bridgehead atoms. The average Bonchev–Trinajstić information content (AvgIpc) is 2.84. The van der Waals surface area contributed by atoms with Gasteiger partial charge < -0.3 is 14.4 Å². The van der Waals surface area contributed by atoms with Crippen LogP contribution >= 0.6 is 0 Å². The van der Waals surface area contributed by atoms with E-state index < -0.39 is 10.0 Å². The monoisotopic (exact) mass is 458 g/mol. The number of hydrogen-bond acceptors (Lipinski definition) is 5. The molecule has 0 spiro atoms. The summed E-state index contributed by atoms with van der Waals surface area (Å²) in [4.78, 5) is 15.1. The van der Waals surface area contributed by atoms with E-state index in [0.29, 0.717) is 38.3 Å². The minimum Gasteiger partial charge on any atom is -0.497 e. The summed E-state index contributed by atoms with van der Waals surface area (Å²) in [5.41, 5.74) is 2.51. The third-order valence-electron chi connectivity index (χ3n) is 6.50. The van der Waals surface area contributed by atoms with Crippen molar-refractivity contribution in [2.24, 2.45) is 0 Å². The Morgan fingerprint density at radius 2 is 1.62 bits per heavy atom. The molecule has 1 aliphatic carbocycles. The molecular formula is C24H30N2O5S. The lowest BCUT2D eigenvalue weighted by Crippen LogP contribution is -2.50. The zero-order valence-corrected chi connectivity index (χ0v) is 19.4. The van der Waals surface area contributed by atoms with Crippen molar-refractivity contribution in [2.75, 3.05) is 40.4 Å². The predicted molar refractivity (Wildman–Crippen MR) is 122 cm³/mol. The van der Waals surface area contributed by atoms with Crippen molar-refractivity contribution in [1.82, 2.24) is 9.21 Å². The van der Waals surface area contributed by atoms with Gasteiger partial charge in [0, 0.05) is 32.6 Å². The Labute approximate surface area is 190 Å². The molecule has 1 unspecified atom stereocenters. The maximum atomic E-state index is 13.0. The summed E-state index contributed by atoms with van der Waals surface area (Å²) in [5, 5.41) is 0. The largest absolute Gasteiger partial charge is 0.497 e. The summed E-state index contributed by atoms with van der Waals surface area (Å²) in [6.07, 6.45) is 3.53. The van der Waals surface area contributed by atoms with E-state index in [1.807, 2.05) is 6.07 Å². The van der Waals surface area contributed by atoms with Crippen LogP contribution in [-0.4, -0.2) is 63.9 Å². The number of methoxy groups -OCH3 is 2. The van der Waals surface area contributed by atoms with Crippen molar-refractivity contribution in [3.05, 3.63) is 53.6 Å². The lowest BCUT2D eigenvalue weighted by atomic mass is 9.80. The molecule has 1 saturated heterocycles. The van der Waals surface area contributed by atoms with Crippen molar-refractivity contribution >= 4 is 15.9 Å². The van der Waals surface area contributed by atoms with Gasteiger partial charge in [0.05, 0.1) is 19.1 Å². The van der Waals surface area contributed by atoms with Crippen LogP contribution in [0.2, 0.25) is 0 Å². The Morgan fingerprint density at radius 1 is 0.969 bits per heavy atom. The summed E-state index contributed by atoms with van der Waals surface area (Å²) in [7, 11) is -0.371. The molecule has 8 heteroatoms. The second kappa shape index (κ2) is 9.50. The zero-order valence-electron chi connectivity index (χ0n) is 18.6. The van der Waals surface area contributed by atoms with Gasteiger partial charge in [0.2, 0.25) is 15.9 Å². The van der Waals surface area contributed by atoms with E-state index in [0.717, 1.165) is 25.0 Å². The molecule has 0 saturated carbocycles. The molecule has 0 radical (unpaired) electrons. The summed E-state index contributed by atoms with van der Waals surface area (Å²) >= 11 is 0. The van der Waals surface area contributed by atoms with Crippen LogP contribution in [0, 0.1) is 0 Å². The number of carbonyl (C=O) groups is 1. The fraction of sp³-hybridized carbons (Fsp3) is 0.458. The van der Waals surface area contributed by atoms with E-state index in [-0.39, 0.29) is 16.7 Å². The van der Waals surface area contributed by atoms with Crippen molar-refractivity contribution in [1.29, 1.82) is 0 Å². The number of piperazine rings is 1. The molecule has 1 atom stereocenters. The lowest BCUT2D eigenvalue weighted by Gasteiger charge is -2.35. The number of hydrogen-bond donors (Lipinski definition) is 0. The van der Waals surface area contributed by atoms with Gasteiger partial charge in [-0.05, 0) is 72.7 Å². The molecule has 1 fully saturated rings.